The van der Waals surface area contributed by atoms with Gasteiger partial charge < -0.3 is 15.7 Å². The van der Waals surface area contributed by atoms with Crippen LogP contribution in [0, 0.1) is 5.82 Å². The van der Waals surface area contributed by atoms with Gasteiger partial charge in [-0.25, -0.2) is 22.5 Å². The van der Waals surface area contributed by atoms with E-state index in [9.17, 15) is 13.5 Å². The lowest BCUT2D eigenvalue weighted by atomic mass is 10.0. The van der Waals surface area contributed by atoms with Crippen molar-refractivity contribution in [2.45, 2.75) is 35.9 Å². The van der Waals surface area contributed by atoms with Crippen LogP contribution in [0.15, 0.2) is 59.8 Å². The molecule has 1 saturated heterocycles. The molecule has 2 heterocycles. The van der Waals surface area contributed by atoms with E-state index in [1.807, 2.05) is 0 Å². The first-order valence-electron chi connectivity index (χ1n) is 12.3. The van der Waals surface area contributed by atoms with Crippen LogP contribution in [-0.2, 0) is 10.0 Å². The van der Waals surface area contributed by atoms with E-state index in [2.05, 4.69) is 31.5 Å². The molecule has 0 amide bonds. The maximum atomic E-state index is 15.1. The monoisotopic (exact) mass is 526 g/mol. The van der Waals surface area contributed by atoms with E-state index in [1.165, 1.54) is 24.5 Å². The summed E-state index contributed by atoms with van der Waals surface area (Å²) < 4.78 is 44.8. The molecule has 0 unspecified atom stereocenters. The van der Waals surface area contributed by atoms with Gasteiger partial charge >= 0.3 is 0 Å². The maximum absolute atomic E-state index is 15.1. The molecule has 3 aromatic rings. The van der Waals surface area contributed by atoms with E-state index < -0.39 is 28.0 Å². The molecule has 1 aliphatic carbocycles. The number of rotatable bonds is 6. The zero-order valence-corrected chi connectivity index (χ0v) is 21.4. The number of hydrogen-bond acceptors (Lipinski definition) is 8. The molecule has 2 fully saturated rings. The van der Waals surface area contributed by atoms with Crippen LogP contribution < -0.4 is 10.5 Å². The Bertz CT molecular complexity index is 1360. The summed E-state index contributed by atoms with van der Waals surface area (Å²) in [6.07, 6.45) is 3.20. The van der Waals surface area contributed by atoms with E-state index in [1.54, 1.807) is 30.3 Å². The number of nitrogens with two attached hydrogens (primary N) is 1. The molecule has 0 spiro atoms. The normalized spacial score (nSPS) is 23.4. The number of nitrogen functional groups attached to an aromatic ring is 1. The average molecular weight is 527 g/mol. The van der Waals surface area contributed by atoms with Crippen molar-refractivity contribution in [3.05, 3.63) is 60.7 Å². The molecule has 3 atom stereocenters. The largest absolute Gasteiger partial charge is 0.390 e. The molecule has 1 aliphatic heterocycles. The first kappa shape index (κ1) is 25.7. The van der Waals surface area contributed by atoms with Crippen LogP contribution in [0.4, 0.5) is 10.2 Å². The van der Waals surface area contributed by atoms with Crippen molar-refractivity contribution in [2.24, 2.45) is 0 Å². The molecule has 9 nitrogen and oxygen atoms in total. The molecule has 1 aromatic heterocycles. The number of aliphatic hydroxyl groups excluding tert-OH is 1. The molecule has 5 rings (SSSR count). The Morgan fingerprint density at radius 3 is 2.49 bits per heavy atom. The minimum atomic E-state index is -3.99. The highest BCUT2D eigenvalue weighted by atomic mass is 32.2. The van der Waals surface area contributed by atoms with Gasteiger partial charge in [-0.15, -0.1) is 0 Å². The van der Waals surface area contributed by atoms with E-state index >= 15 is 4.39 Å². The Kier molecular flexibility index (Phi) is 7.24. The first-order chi connectivity index (χ1) is 17.7. The number of anilines is 1. The first-order valence-corrected chi connectivity index (χ1v) is 13.8. The van der Waals surface area contributed by atoms with Gasteiger partial charge in [-0.1, -0.05) is 24.3 Å². The van der Waals surface area contributed by atoms with Crippen molar-refractivity contribution in [1.82, 2.24) is 24.5 Å². The summed E-state index contributed by atoms with van der Waals surface area (Å²) in [6.45, 7) is 3.55. The number of aliphatic hydroxyl groups is 1. The van der Waals surface area contributed by atoms with Crippen LogP contribution in [0.2, 0.25) is 0 Å². The van der Waals surface area contributed by atoms with E-state index in [0.717, 1.165) is 32.6 Å². The third-order valence-corrected chi connectivity index (χ3v) is 8.85. The number of sulfonamides is 1. The number of halogens is 1. The molecule has 1 saturated carbocycles. The number of benzene rings is 2. The summed E-state index contributed by atoms with van der Waals surface area (Å²) in [5, 5.41) is 11.0. The Morgan fingerprint density at radius 1 is 1.03 bits per heavy atom. The second-order valence-electron chi connectivity index (χ2n) is 9.72. The fourth-order valence-corrected chi connectivity index (χ4v) is 6.73. The van der Waals surface area contributed by atoms with Gasteiger partial charge in [0.15, 0.2) is 0 Å². The van der Waals surface area contributed by atoms with Crippen molar-refractivity contribution in [2.75, 3.05) is 39.0 Å². The quantitative estimate of drug-likeness (QED) is 0.445. The minimum Gasteiger partial charge on any atom is -0.390 e. The Morgan fingerprint density at radius 2 is 1.78 bits per heavy atom. The van der Waals surface area contributed by atoms with Gasteiger partial charge in [-0.05, 0) is 43.7 Å². The molecule has 4 N–H and O–H groups in total. The molecule has 2 aromatic carbocycles. The summed E-state index contributed by atoms with van der Waals surface area (Å²) in [4.78, 5) is 12.6. The summed E-state index contributed by atoms with van der Waals surface area (Å²) in [7, 11) is -1.92. The predicted octanol–water partition coefficient (Wildman–Crippen LogP) is 1.95. The topological polar surface area (TPSA) is 125 Å². The van der Waals surface area contributed by atoms with Crippen LogP contribution in [0.25, 0.3) is 22.4 Å². The van der Waals surface area contributed by atoms with Crippen LogP contribution >= 0.6 is 0 Å². The number of aromatic nitrogens is 2. The predicted molar refractivity (Wildman–Crippen MR) is 139 cm³/mol. The minimum absolute atomic E-state index is 0.0321. The number of nitrogens with zero attached hydrogens (tertiary/aromatic N) is 4. The van der Waals surface area contributed by atoms with Gasteiger partial charge in [0.05, 0.1) is 29.1 Å². The van der Waals surface area contributed by atoms with Gasteiger partial charge in [-0.3, -0.25) is 9.88 Å². The molecule has 0 bridgehead atoms. The highest BCUT2D eigenvalue weighted by Crippen LogP contribution is 2.32. The van der Waals surface area contributed by atoms with Gasteiger partial charge in [-0.2, -0.15) is 0 Å². The molecular formula is C26H31FN6O3S. The van der Waals surface area contributed by atoms with Crippen molar-refractivity contribution < 1.29 is 17.9 Å². The summed E-state index contributed by atoms with van der Waals surface area (Å²) >= 11 is 0. The third kappa shape index (κ3) is 5.36. The Hall–Kier alpha value is -2.96. The molecule has 2 aliphatic rings. The van der Waals surface area contributed by atoms with Gasteiger partial charge in [0.2, 0.25) is 10.0 Å². The zero-order valence-electron chi connectivity index (χ0n) is 20.6. The van der Waals surface area contributed by atoms with Crippen LogP contribution in [0.3, 0.4) is 0 Å². The molecule has 11 heteroatoms. The molecule has 37 heavy (non-hydrogen) atoms. The second kappa shape index (κ2) is 10.4. The van der Waals surface area contributed by atoms with Crippen LogP contribution in [-0.4, -0.2) is 84.7 Å². The SMILES string of the molecule is CN1CCN([C@@H]2CC[C@H](NS(=O)(=O)c3ccccc3-c3ccc(-c4cnc(N)cn4)c(F)c3)[C@H]2O)CC1. The maximum Gasteiger partial charge on any atom is 0.241 e. The van der Waals surface area contributed by atoms with Crippen LogP contribution in [0.5, 0.6) is 0 Å². The van der Waals surface area contributed by atoms with Crippen molar-refractivity contribution >= 4 is 15.8 Å². The number of likely N-dealkylation sites (N-methyl/N-ethyl adjacent to an activating group) is 1. The van der Waals surface area contributed by atoms with Crippen molar-refractivity contribution in [3.8, 4) is 22.4 Å². The highest BCUT2D eigenvalue weighted by Gasteiger charge is 2.41. The van der Waals surface area contributed by atoms with Gasteiger partial charge in [0.1, 0.15) is 11.6 Å². The summed E-state index contributed by atoms with van der Waals surface area (Å²) in [5.41, 5.74) is 6.91. The number of piperazine rings is 1. The van der Waals surface area contributed by atoms with E-state index in [4.69, 9.17) is 5.73 Å². The summed E-state index contributed by atoms with van der Waals surface area (Å²) in [6, 6.07) is 10.3. The fourth-order valence-electron chi connectivity index (χ4n) is 5.21. The van der Waals surface area contributed by atoms with Gasteiger partial charge in [0.25, 0.3) is 0 Å². The number of nitrogens with one attached hydrogen (secondary N) is 1. The average Bonchev–Trinajstić information content (AvgIpc) is 3.24. The van der Waals surface area contributed by atoms with E-state index in [0.29, 0.717) is 23.2 Å². The second-order valence-corrected chi connectivity index (χ2v) is 11.4. The van der Waals surface area contributed by atoms with Crippen LogP contribution in [0.1, 0.15) is 12.8 Å². The Labute approximate surface area is 216 Å². The molecule has 0 radical (unpaired) electrons. The lowest BCUT2D eigenvalue weighted by Gasteiger charge is -2.38. The number of hydrogen-bond donors (Lipinski definition) is 3. The van der Waals surface area contributed by atoms with Crippen molar-refractivity contribution in [1.29, 1.82) is 0 Å². The highest BCUT2D eigenvalue weighted by molar-refractivity contribution is 7.89. The molecule has 196 valence electrons. The Balaban J connectivity index is 1.37. The lowest BCUT2D eigenvalue weighted by molar-refractivity contribution is 0.0340. The van der Waals surface area contributed by atoms with Crippen molar-refractivity contribution in [3.63, 3.8) is 0 Å². The fraction of sp³-hybridized carbons (Fsp3) is 0.385. The smallest absolute Gasteiger partial charge is 0.241 e. The van der Waals surface area contributed by atoms with Gasteiger partial charge in [0, 0.05) is 49.4 Å². The summed E-state index contributed by atoms with van der Waals surface area (Å²) in [5.74, 6) is -0.326. The molecular weight excluding hydrogens is 495 g/mol. The standard InChI is InChI=1S/C26H31FN6O3S/c1-32-10-12-33(13-11-32)23-9-8-21(26(23)34)31-37(35,36)24-5-3-2-4-18(24)17-6-7-19(20(27)14-17)22-15-30-25(28)16-29-22/h2-7,14-16,21,23,26,31,34H,8-13H2,1H3,(H2,28,30)/t21-,23+,26+/m0/s1. The zero-order chi connectivity index (χ0) is 26.2. The lowest BCUT2D eigenvalue weighted by Crippen LogP contribution is -2.54. The van der Waals surface area contributed by atoms with E-state index in [-0.39, 0.29) is 22.3 Å². The third-order valence-electron chi connectivity index (χ3n) is 7.30.